The number of nitrogens with one attached hydrogen (secondary N) is 2. The number of hydrogen-bond donors (Lipinski definition) is 3. The minimum Gasteiger partial charge on any atom is -0.393 e. The van der Waals surface area contributed by atoms with Gasteiger partial charge in [0.05, 0.1) is 23.2 Å². The molecule has 0 bridgehead atoms. The number of ether oxygens (including phenoxy) is 1. The molecule has 5 fully saturated rings. The van der Waals surface area contributed by atoms with E-state index in [0.717, 1.165) is 144 Å². The number of likely N-dealkylation sites (tertiary alicyclic amines) is 1. The van der Waals surface area contributed by atoms with Gasteiger partial charge in [-0.15, -0.1) is 0 Å². The molecule has 2 saturated carbocycles. The van der Waals surface area contributed by atoms with Gasteiger partial charge >= 0.3 is 5.69 Å². The number of imidazole rings is 1. The number of benzene rings is 1. The minimum absolute atomic E-state index is 0.172. The maximum atomic E-state index is 13.2. The lowest BCUT2D eigenvalue weighted by Crippen LogP contribution is -2.48. The first kappa shape index (κ1) is 45.0. The number of piperazine rings is 1. The largest absolute Gasteiger partial charge is 0.393 e. The smallest absolute Gasteiger partial charge is 0.329 e. The Balaban J connectivity index is 0.689. The standard InChI is InChI=1S/C49H72N10O5/c1-4-6-33(2)51-48-50-28-40-41(32-58(46(40)53-48)37-12-14-38(60)15-13-37)36-10-7-34(8-11-36)29-56-24-22-55(23-25-56)20-5-26-64-39-19-21-57(31-39)30-35-9-16-42-44(27-35)54(3)49(63)59(42)43-17-18-45(61)52-47(43)62/h9,16,27-28,32-34,36-39,43,60H,4-8,10-15,17-26,29-31H2,1-3H3,(H,50,51,53)(H,52,61,62)/t33-,34-,36-,37-,38-,39+,43?/m1/s1. The molecule has 3 N–H and O–H groups in total. The van der Waals surface area contributed by atoms with Gasteiger partial charge in [0.15, 0.2) is 0 Å². The number of aryl methyl sites for hydroxylation is 1. The van der Waals surface area contributed by atoms with Crippen LogP contribution in [0.2, 0.25) is 0 Å². The quantitative estimate of drug-likeness (QED) is 0.0937. The zero-order valence-electron chi connectivity index (χ0n) is 38.6. The summed E-state index contributed by atoms with van der Waals surface area (Å²) < 4.78 is 12.0. The van der Waals surface area contributed by atoms with Gasteiger partial charge in [-0.25, -0.2) is 9.78 Å². The van der Waals surface area contributed by atoms with E-state index in [1.54, 1.807) is 16.2 Å². The van der Waals surface area contributed by atoms with E-state index in [2.05, 4.69) is 68.3 Å². The maximum absolute atomic E-state index is 13.2. The van der Waals surface area contributed by atoms with Crippen LogP contribution in [-0.4, -0.2) is 133 Å². The summed E-state index contributed by atoms with van der Waals surface area (Å²) in [6.45, 7) is 14.7. The van der Waals surface area contributed by atoms with Crippen molar-refractivity contribution in [3.63, 3.8) is 0 Å². The predicted octanol–water partition coefficient (Wildman–Crippen LogP) is 5.71. The first-order chi connectivity index (χ1) is 31.1. The second kappa shape index (κ2) is 20.2. The van der Waals surface area contributed by atoms with E-state index in [0.29, 0.717) is 24.4 Å². The number of aromatic nitrogens is 5. The normalized spacial score (nSPS) is 27.1. The van der Waals surface area contributed by atoms with Crippen molar-refractivity contribution in [1.29, 1.82) is 0 Å². The molecule has 6 heterocycles. The summed E-state index contributed by atoms with van der Waals surface area (Å²) in [4.78, 5) is 55.2. The average molecular weight is 881 g/mol. The molecule has 3 saturated heterocycles. The molecule has 3 aromatic heterocycles. The molecule has 64 heavy (non-hydrogen) atoms. The van der Waals surface area contributed by atoms with Gasteiger partial charge in [0, 0.05) is 109 Å². The van der Waals surface area contributed by atoms with Crippen LogP contribution in [0.25, 0.3) is 22.1 Å². The summed E-state index contributed by atoms with van der Waals surface area (Å²) in [5, 5.41) is 17.4. The van der Waals surface area contributed by atoms with E-state index in [-0.39, 0.29) is 30.2 Å². The lowest BCUT2D eigenvalue weighted by atomic mass is 9.78. The van der Waals surface area contributed by atoms with Crippen LogP contribution in [0.4, 0.5) is 5.95 Å². The zero-order valence-corrected chi connectivity index (χ0v) is 38.6. The molecule has 3 aliphatic heterocycles. The predicted molar refractivity (Wildman–Crippen MR) is 249 cm³/mol. The minimum atomic E-state index is -0.674. The van der Waals surface area contributed by atoms with Crippen molar-refractivity contribution in [3.8, 4) is 0 Å². The zero-order chi connectivity index (χ0) is 44.3. The van der Waals surface area contributed by atoms with Gasteiger partial charge in [-0.1, -0.05) is 19.4 Å². The Labute approximate surface area is 377 Å². The molecule has 15 nitrogen and oxygen atoms in total. The van der Waals surface area contributed by atoms with Crippen LogP contribution in [0.15, 0.2) is 35.4 Å². The fourth-order valence-corrected chi connectivity index (χ4v) is 11.6. The number of nitrogens with zero attached hydrogens (tertiary/aromatic N) is 8. The second-order valence-electron chi connectivity index (χ2n) is 20.0. The van der Waals surface area contributed by atoms with Gasteiger partial charge in [-0.3, -0.25) is 28.9 Å². The van der Waals surface area contributed by atoms with Crippen LogP contribution in [0, 0.1) is 5.92 Å². The Morgan fingerprint density at radius 2 is 1.70 bits per heavy atom. The van der Waals surface area contributed by atoms with Crippen LogP contribution in [0.1, 0.15) is 133 Å². The Hall–Kier alpha value is -4.15. The average Bonchev–Trinajstić information content (AvgIpc) is 3.97. The summed E-state index contributed by atoms with van der Waals surface area (Å²) in [5.41, 5.74) is 4.91. The van der Waals surface area contributed by atoms with Crippen molar-refractivity contribution in [3.05, 3.63) is 52.2 Å². The topological polar surface area (TPSA) is 155 Å². The monoisotopic (exact) mass is 881 g/mol. The van der Waals surface area contributed by atoms with Crippen LogP contribution < -0.4 is 16.3 Å². The van der Waals surface area contributed by atoms with E-state index in [1.165, 1.54) is 43.2 Å². The van der Waals surface area contributed by atoms with Crippen LogP contribution >= 0.6 is 0 Å². The van der Waals surface area contributed by atoms with Crippen molar-refractivity contribution < 1.29 is 19.4 Å². The summed E-state index contributed by atoms with van der Waals surface area (Å²) in [6.07, 6.45) is 18.1. The van der Waals surface area contributed by atoms with E-state index in [9.17, 15) is 19.5 Å². The molecule has 0 spiro atoms. The highest BCUT2D eigenvalue weighted by Crippen LogP contribution is 2.42. The van der Waals surface area contributed by atoms with E-state index >= 15 is 0 Å². The van der Waals surface area contributed by atoms with Crippen molar-refractivity contribution in [1.82, 2.24) is 43.7 Å². The number of imide groups is 1. The molecular formula is C49H72N10O5. The molecule has 4 aromatic rings. The molecule has 1 aromatic carbocycles. The third-order valence-corrected chi connectivity index (χ3v) is 15.3. The van der Waals surface area contributed by atoms with E-state index in [4.69, 9.17) is 14.7 Å². The number of amides is 2. The Morgan fingerprint density at radius 3 is 2.47 bits per heavy atom. The first-order valence-corrected chi connectivity index (χ1v) is 24.7. The first-order valence-electron chi connectivity index (χ1n) is 24.7. The summed E-state index contributed by atoms with van der Waals surface area (Å²) in [7, 11) is 1.74. The number of carbonyl (C=O) groups excluding carboxylic acids is 2. The van der Waals surface area contributed by atoms with E-state index < -0.39 is 11.9 Å². The van der Waals surface area contributed by atoms with Crippen LogP contribution in [0.5, 0.6) is 0 Å². The number of piperidine rings is 1. The number of aliphatic hydroxyl groups is 1. The highest BCUT2D eigenvalue weighted by atomic mass is 16.5. The second-order valence-corrected chi connectivity index (χ2v) is 20.0. The molecule has 2 aliphatic carbocycles. The highest BCUT2D eigenvalue weighted by Gasteiger charge is 2.33. The molecule has 9 rings (SSSR count). The molecule has 1 unspecified atom stereocenters. The van der Waals surface area contributed by atoms with Crippen molar-refractivity contribution in [2.45, 2.75) is 147 Å². The number of carbonyl (C=O) groups is 2. The summed E-state index contributed by atoms with van der Waals surface area (Å²) in [5.74, 6) is 1.33. The van der Waals surface area contributed by atoms with Gasteiger partial charge in [-0.05, 0) is 119 Å². The Morgan fingerprint density at radius 1 is 0.922 bits per heavy atom. The fourth-order valence-electron chi connectivity index (χ4n) is 11.6. The fraction of sp³-hybridized carbons (Fsp3) is 0.694. The van der Waals surface area contributed by atoms with Gasteiger partial charge in [0.1, 0.15) is 11.7 Å². The van der Waals surface area contributed by atoms with Crippen LogP contribution in [0.3, 0.4) is 0 Å². The van der Waals surface area contributed by atoms with Crippen molar-refractivity contribution >= 4 is 39.8 Å². The summed E-state index contributed by atoms with van der Waals surface area (Å²) in [6, 6.07) is 6.10. The molecule has 5 aliphatic rings. The molecular weight excluding hydrogens is 809 g/mol. The van der Waals surface area contributed by atoms with Crippen LogP contribution in [-0.2, 0) is 27.9 Å². The molecule has 15 heteroatoms. The van der Waals surface area contributed by atoms with Gasteiger partial charge in [0.25, 0.3) is 0 Å². The third-order valence-electron chi connectivity index (χ3n) is 15.3. The molecule has 3 atom stereocenters. The Bertz CT molecular complexity index is 2300. The highest BCUT2D eigenvalue weighted by molar-refractivity contribution is 6.00. The van der Waals surface area contributed by atoms with Crippen molar-refractivity contribution in [2.75, 3.05) is 64.3 Å². The number of fused-ring (bicyclic) bond motifs is 2. The summed E-state index contributed by atoms with van der Waals surface area (Å²) >= 11 is 0. The van der Waals surface area contributed by atoms with Gasteiger partial charge < -0.3 is 29.5 Å². The van der Waals surface area contributed by atoms with Gasteiger partial charge in [-0.2, -0.15) is 4.98 Å². The molecule has 348 valence electrons. The van der Waals surface area contributed by atoms with Gasteiger partial charge in [0.2, 0.25) is 17.8 Å². The third kappa shape index (κ3) is 10.1. The number of rotatable bonds is 16. The SMILES string of the molecule is CCC[C@@H](C)Nc1ncc2c(n1)n([C@H]1CC[C@H](O)CC1)cc2[C@H]1CC[C@H](CN2CCN(CCCO[C@H]3CCN(Cc4ccc5c(c4)n(C)c(=O)n5C4CCC(=O)NC4=O)C3)CC2)CC1. The number of anilines is 1. The number of aliphatic hydroxyl groups excluding tert-OH is 1. The molecule has 0 radical (unpaired) electrons. The van der Waals surface area contributed by atoms with Crippen molar-refractivity contribution in [2.24, 2.45) is 13.0 Å². The Kier molecular flexibility index (Phi) is 14.2. The maximum Gasteiger partial charge on any atom is 0.329 e. The lowest BCUT2D eigenvalue weighted by Gasteiger charge is -2.38. The number of hydrogen-bond acceptors (Lipinski definition) is 11. The lowest BCUT2D eigenvalue weighted by molar-refractivity contribution is -0.135. The molecule has 2 amide bonds. The van der Waals surface area contributed by atoms with E-state index in [1.807, 2.05) is 6.07 Å².